The number of halogens is 1. The molecule has 0 spiro atoms. The Balaban J connectivity index is 2.00. The van der Waals surface area contributed by atoms with Crippen molar-refractivity contribution in [2.45, 2.75) is 63.4 Å². The molecule has 30 heavy (non-hydrogen) atoms. The van der Waals surface area contributed by atoms with E-state index < -0.39 is 10.0 Å². The summed E-state index contributed by atoms with van der Waals surface area (Å²) < 4.78 is 28.1. The van der Waals surface area contributed by atoms with Crippen LogP contribution in [0, 0.1) is 0 Å². The molecule has 0 heterocycles. The van der Waals surface area contributed by atoms with Crippen LogP contribution in [0.15, 0.2) is 53.4 Å². The first-order valence-corrected chi connectivity index (χ1v) is 12.3. The molecule has 162 valence electrons. The Labute approximate surface area is 184 Å². The summed E-state index contributed by atoms with van der Waals surface area (Å²) in [4.78, 5) is 15.3. The highest BCUT2D eigenvalue weighted by atomic mass is 35.5. The molecule has 0 aliphatic heterocycles. The molecule has 1 amide bonds. The Bertz CT molecular complexity index is 987. The molecule has 0 bridgehead atoms. The van der Waals surface area contributed by atoms with Crippen LogP contribution in [-0.4, -0.2) is 37.9 Å². The number of hydrogen-bond donors (Lipinski definition) is 0. The summed E-state index contributed by atoms with van der Waals surface area (Å²) in [6.07, 6.45) is 4.14. The van der Waals surface area contributed by atoms with E-state index in [1.807, 2.05) is 24.8 Å². The maximum absolute atomic E-state index is 13.4. The van der Waals surface area contributed by atoms with Gasteiger partial charge in [0.05, 0.1) is 21.2 Å². The van der Waals surface area contributed by atoms with Gasteiger partial charge in [0, 0.05) is 18.6 Å². The van der Waals surface area contributed by atoms with Crippen LogP contribution in [0.3, 0.4) is 0 Å². The summed E-state index contributed by atoms with van der Waals surface area (Å²) in [6.45, 7) is 6.03. The molecule has 7 heteroatoms. The van der Waals surface area contributed by atoms with Crippen LogP contribution in [0.5, 0.6) is 0 Å². The maximum atomic E-state index is 13.4. The molecule has 1 saturated carbocycles. The van der Waals surface area contributed by atoms with Gasteiger partial charge in [-0.15, -0.1) is 0 Å². The number of anilines is 1. The van der Waals surface area contributed by atoms with Crippen LogP contribution in [0.25, 0.3) is 0 Å². The van der Waals surface area contributed by atoms with E-state index in [9.17, 15) is 13.2 Å². The molecular formula is C23H29ClN2O3S. The van der Waals surface area contributed by atoms with Gasteiger partial charge in [-0.05, 0) is 63.9 Å². The maximum Gasteiger partial charge on any atom is 0.264 e. The number of rotatable bonds is 7. The zero-order chi connectivity index (χ0) is 21.9. The van der Waals surface area contributed by atoms with Crippen LogP contribution < -0.4 is 4.31 Å². The van der Waals surface area contributed by atoms with E-state index in [4.69, 9.17) is 11.6 Å². The summed E-state index contributed by atoms with van der Waals surface area (Å²) in [7, 11) is -3.84. The number of benzene rings is 2. The molecule has 1 fully saturated rings. The van der Waals surface area contributed by atoms with Crippen LogP contribution in [0.2, 0.25) is 5.02 Å². The lowest BCUT2D eigenvalue weighted by molar-refractivity contribution is 0.0613. The van der Waals surface area contributed by atoms with Crippen molar-refractivity contribution in [2.24, 2.45) is 0 Å². The van der Waals surface area contributed by atoms with Crippen molar-refractivity contribution in [1.82, 2.24) is 4.90 Å². The van der Waals surface area contributed by atoms with Gasteiger partial charge in [-0.1, -0.05) is 42.6 Å². The third kappa shape index (κ3) is 4.49. The summed E-state index contributed by atoms with van der Waals surface area (Å²) >= 11 is 6.37. The first kappa shape index (κ1) is 22.6. The van der Waals surface area contributed by atoms with E-state index in [-0.39, 0.29) is 40.0 Å². The van der Waals surface area contributed by atoms with Gasteiger partial charge in [0.15, 0.2) is 0 Å². The number of amides is 1. The summed E-state index contributed by atoms with van der Waals surface area (Å²) in [6, 6.07) is 13.5. The van der Waals surface area contributed by atoms with Gasteiger partial charge < -0.3 is 4.90 Å². The monoisotopic (exact) mass is 448 g/mol. The van der Waals surface area contributed by atoms with E-state index in [2.05, 4.69) is 0 Å². The van der Waals surface area contributed by atoms with Crippen molar-refractivity contribution in [3.05, 3.63) is 59.1 Å². The van der Waals surface area contributed by atoms with Crippen molar-refractivity contribution in [1.29, 1.82) is 0 Å². The summed E-state index contributed by atoms with van der Waals surface area (Å²) in [5, 5.41) is 0.269. The van der Waals surface area contributed by atoms with Crippen LogP contribution >= 0.6 is 11.6 Å². The Morgan fingerprint density at radius 2 is 1.73 bits per heavy atom. The number of carbonyl (C=O) groups is 1. The zero-order valence-corrected chi connectivity index (χ0v) is 19.3. The molecule has 2 aromatic carbocycles. The Kier molecular flexibility index (Phi) is 7.09. The molecular weight excluding hydrogens is 420 g/mol. The molecule has 2 aromatic rings. The van der Waals surface area contributed by atoms with Gasteiger partial charge in [0.2, 0.25) is 0 Å². The fourth-order valence-corrected chi connectivity index (χ4v) is 5.88. The van der Waals surface area contributed by atoms with Crippen molar-refractivity contribution in [3.63, 3.8) is 0 Å². The second-order valence-corrected chi connectivity index (χ2v) is 10.2. The van der Waals surface area contributed by atoms with Crippen LogP contribution in [-0.2, 0) is 10.0 Å². The average Bonchev–Trinajstić information content (AvgIpc) is 3.23. The number of nitrogens with zero attached hydrogens (tertiary/aromatic N) is 2. The van der Waals surface area contributed by atoms with Gasteiger partial charge >= 0.3 is 0 Å². The van der Waals surface area contributed by atoms with E-state index in [0.717, 1.165) is 25.7 Å². The highest BCUT2D eigenvalue weighted by molar-refractivity contribution is 7.92. The van der Waals surface area contributed by atoms with Crippen LogP contribution in [0.4, 0.5) is 5.69 Å². The van der Waals surface area contributed by atoms with E-state index in [0.29, 0.717) is 5.69 Å². The predicted octanol–water partition coefficient (Wildman–Crippen LogP) is 5.35. The molecule has 3 rings (SSSR count). The standard InChI is InChI=1S/C23H29ClN2O3S/c1-4-25(18-10-6-5-7-11-18)30(28,29)20-14-15-22(24)21(16-20)23(27)26(17(2)3)19-12-8-9-13-19/h5-7,10-11,14-17,19H,4,8-9,12-13H2,1-3H3. The van der Waals surface area contributed by atoms with Gasteiger partial charge in [-0.2, -0.15) is 0 Å². The van der Waals surface area contributed by atoms with Crippen LogP contribution in [0.1, 0.15) is 56.8 Å². The lowest BCUT2D eigenvalue weighted by Gasteiger charge is -2.33. The van der Waals surface area contributed by atoms with Gasteiger partial charge in [0.25, 0.3) is 15.9 Å². The SMILES string of the molecule is CCN(c1ccccc1)S(=O)(=O)c1ccc(Cl)c(C(=O)N(C(C)C)C2CCCC2)c1. The normalized spacial score (nSPS) is 14.8. The molecule has 0 radical (unpaired) electrons. The number of sulfonamides is 1. The second kappa shape index (κ2) is 9.40. The quantitative estimate of drug-likeness (QED) is 0.573. The smallest absolute Gasteiger partial charge is 0.264 e. The lowest BCUT2D eigenvalue weighted by Crippen LogP contribution is -2.43. The minimum atomic E-state index is -3.84. The fraction of sp³-hybridized carbons (Fsp3) is 0.435. The highest BCUT2D eigenvalue weighted by Crippen LogP contribution is 2.31. The van der Waals surface area contributed by atoms with E-state index in [1.165, 1.54) is 22.5 Å². The number of para-hydroxylation sites is 1. The third-order valence-electron chi connectivity index (χ3n) is 5.60. The molecule has 0 aromatic heterocycles. The highest BCUT2D eigenvalue weighted by Gasteiger charge is 2.32. The van der Waals surface area contributed by atoms with Crippen molar-refractivity contribution >= 4 is 33.2 Å². The minimum absolute atomic E-state index is 0.00777. The van der Waals surface area contributed by atoms with E-state index >= 15 is 0 Å². The topological polar surface area (TPSA) is 57.7 Å². The predicted molar refractivity (Wildman–Crippen MR) is 122 cm³/mol. The number of hydrogen-bond acceptors (Lipinski definition) is 3. The average molecular weight is 449 g/mol. The fourth-order valence-electron chi connectivity index (χ4n) is 4.19. The summed E-state index contributed by atoms with van der Waals surface area (Å²) in [5.41, 5.74) is 0.819. The molecule has 0 unspecified atom stereocenters. The lowest BCUT2D eigenvalue weighted by atomic mass is 10.1. The van der Waals surface area contributed by atoms with Gasteiger partial charge in [-0.25, -0.2) is 8.42 Å². The number of carbonyl (C=O) groups excluding carboxylic acids is 1. The van der Waals surface area contributed by atoms with Gasteiger partial charge in [0.1, 0.15) is 0 Å². The molecule has 1 aliphatic rings. The van der Waals surface area contributed by atoms with Crippen molar-refractivity contribution in [3.8, 4) is 0 Å². The largest absolute Gasteiger partial charge is 0.333 e. The molecule has 5 nitrogen and oxygen atoms in total. The molecule has 0 atom stereocenters. The van der Waals surface area contributed by atoms with Crippen molar-refractivity contribution in [2.75, 3.05) is 10.8 Å². The van der Waals surface area contributed by atoms with E-state index in [1.54, 1.807) is 31.2 Å². The molecule has 0 saturated heterocycles. The molecule has 0 N–H and O–H groups in total. The van der Waals surface area contributed by atoms with Crippen molar-refractivity contribution < 1.29 is 13.2 Å². The third-order valence-corrected chi connectivity index (χ3v) is 7.83. The Morgan fingerprint density at radius 1 is 1.10 bits per heavy atom. The zero-order valence-electron chi connectivity index (χ0n) is 17.7. The van der Waals surface area contributed by atoms with Gasteiger partial charge in [-0.3, -0.25) is 9.10 Å². The Morgan fingerprint density at radius 3 is 2.30 bits per heavy atom. The first-order chi connectivity index (χ1) is 14.3. The Hall–Kier alpha value is -2.05. The second-order valence-electron chi connectivity index (χ2n) is 7.89. The summed E-state index contributed by atoms with van der Waals surface area (Å²) in [5.74, 6) is -0.207. The minimum Gasteiger partial charge on any atom is -0.333 e. The molecule has 1 aliphatic carbocycles. The first-order valence-electron chi connectivity index (χ1n) is 10.5.